The van der Waals surface area contributed by atoms with E-state index in [2.05, 4.69) is 4.98 Å². The summed E-state index contributed by atoms with van der Waals surface area (Å²) in [5, 5.41) is 1.59. The van der Waals surface area contributed by atoms with Crippen LogP contribution in [0.15, 0.2) is 42.5 Å². The zero-order valence-electron chi connectivity index (χ0n) is 13.2. The molecule has 0 radical (unpaired) electrons. The zero-order chi connectivity index (χ0) is 17.1. The highest BCUT2D eigenvalue weighted by Crippen LogP contribution is 2.33. The summed E-state index contributed by atoms with van der Waals surface area (Å²) in [6, 6.07) is 11.9. The van der Waals surface area contributed by atoms with Crippen molar-refractivity contribution in [3.63, 3.8) is 0 Å². The van der Waals surface area contributed by atoms with Crippen molar-refractivity contribution in [2.45, 2.75) is 19.8 Å². The fourth-order valence-electron chi connectivity index (χ4n) is 2.80. The summed E-state index contributed by atoms with van der Waals surface area (Å²) >= 11 is 6.12. The molecular formula is C19H17ClFNO2. The van der Waals surface area contributed by atoms with Gasteiger partial charge in [0, 0.05) is 28.0 Å². The second kappa shape index (κ2) is 7.05. The van der Waals surface area contributed by atoms with Crippen LogP contribution in [0.1, 0.15) is 18.9 Å². The van der Waals surface area contributed by atoms with Crippen LogP contribution in [0.3, 0.4) is 0 Å². The average molecular weight is 346 g/mol. The summed E-state index contributed by atoms with van der Waals surface area (Å²) in [5.74, 6) is -0.523. The maximum atomic E-state index is 13.2. The van der Waals surface area contributed by atoms with Gasteiger partial charge in [-0.1, -0.05) is 11.6 Å². The van der Waals surface area contributed by atoms with Gasteiger partial charge < -0.3 is 9.72 Å². The van der Waals surface area contributed by atoms with E-state index in [9.17, 15) is 9.18 Å². The number of ether oxygens (including phenoxy) is 1. The summed E-state index contributed by atoms with van der Waals surface area (Å²) in [4.78, 5) is 15.1. The van der Waals surface area contributed by atoms with Gasteiger partial charge in [-0.3, -0.25) is 4.79 Å². The largest absolute Gasteiger partial charge is 0.466 e. The number of benzene rings is 2. The standard InChI is InChI=1S/C19H17ClFNO2/c1-2-24-18(23)10-8-15-16-11-13(20)5-9-17(16)22-19(15)12-3-6-14(21)7-4-12/h3-7,9,11,22H,2,8,10H2,1H3. The van der Waals surface area contributed by atoms with Crippen LogP contribution in [0.4, 0.5) is 4.39 Å². The molecule has 0 atom stereocenters. The summed E-state index contributed by atoms with van der Waals surface area (Å²) in [7, 11) is 0. The number of hydrogen-bond donors (Lipinski definition) is 1. The van der Waals surface area contributed by atoms with Crippen molar-refractivity contribution in [2.24, 2.45) is 0 Å². The minimum absolute atomic E-state index is 0.237. The number of rotatable bonds is 5. The lowest BCUT2D eigenvalue weighted by Gasteiger charge is -2.06. The van der Waals surface area contributed by atoms with E-state index in [1.807, 2.05) is 18.2 Å². The normalized spacial score (nSPS) is 11.0. The molecule has 0 aliphatic heterocycles. The number of aryl methyl sites for hydroxylation is 1. The lowest BCUT2D eigenvalue weighted by Crippen LogP contribution is -2.05. The molecule has 3 nitrogen and oxygen atoms in total. The van der Waals surface area contributed by atoms with Crippen molar-refractivity contribution in [2.75, 3.05) is 6.61 Å². The Morgan fingerprint density at radius 3 is 2.67 bits per heavy atom. The lowest BCUT2D eigenvalue weighted by atomic mass is 10.0. The van der Waals surface area contributed by atoms with Gasteiger partial charge in [-0.05, 0) is 66.9 Å². The second-order valence-corrected chi connectivity index (χ2v) is 5.92. The van der Waals surface area contributed by atoms with Crippen molar-refractivity contribution in [3.05, 3.63) is 58.9 Å². The Balaban J connectivity index is 2.05. The van der Waals surface area contributed by atoms with Gasteiger partial charge in [-0.15, -0.1) is 0 Å². The van der Waals surface area contributed by atoms with Crippen molar-refractivity contribution < 1.29 is 13.9 Å². The van der Waals surface area contributed by atoms with Gasteiger partial charge in [0.05, 0.1) is 6.61 Å². The van der Waals surface area contributed by atoms with Crippen molar-refractivity contribution >= 4 is 28.5 Å². The first-order chi connectivity index (χ1) is 11.6. The average Bonchev–Trinajstić information content (AvgIpc) is 2.91. The monoisotopic (exact) mass is 345 g/mol. The van der Waals surface area contributed by atoms with E-state index >= 15 is 0 Å². The molecular weight excluding hydrogens is 329 g/mol. The molecule has 0 spiro atoms. The molecule has 0 bridgehead atoms. The number of carbonyl (C=O) groups is 1. The third-order valence-electron chi connectivity index (χ3n) is 3.89. The smallest absolute Gasteiger partial charge is 0.306 e. The lowest BCUT2D eigenvalue weighted by molar-refractivity contribution is -0.143. The predicted octanol–water partition coefficient (Wildman–Crippen LogP) is 5.12. The van der Waals surface area contributed by atoms with Gasteiger partial charge in [-0.25, -0.2) is 4.39 Å². The fourth-order valence-corrected chi connectivity index (χ4v) is 2.97. The quantitative estimate of drug-likeness (QED) is 0.652. The van der Waals surface area contributed by atoms with Crippen LogP contribution in [0, 0.1) is 5.82 Å². The highest BCUT2D eigenvalue weighted by molar-refractivity contribution is 6.31. The van der Waals surface area contributed by atoms with Crippen LogP contribution in [-0.2, 0) is 16.0 Å². The van der Waals surface area contributed by atoms with E-state index < -0.39 is 0 Å². The molecule has 24 heavy (non-hydrogen) atoms. The molecule has 124 valence electrons. The molecule has 0 aliphatic rings. The minimum Gasteiger partial charge on any atom is -0.466 e. The van der Waals surface area contributed by atoms with Gasteiger partial charge in [0.2, 0.25) is 0 Å². The summed E-state index contributed by atoms with van der Waals surface area (Å²) in [5.41, 5.74) is 3.64. The van der Waals surface area contributed by atoms with E-state index in [1.54, 1.807) is 19.1 Å². The van der Waals surface area contributed by atoms with E-state index in [4.69, 9.17) is 16.3 Å². The first-order valence-electron chi connectivity index (χ1n) is 7.80. The van der Waals surface area contributed by atoms with Crippen molar-refractivity contribution in [1.29, 1.82) is 0 Å². The highest BCUT2D eigenvalue weighted by Gasteiger charge is 2.15. The molecule has 1 aromatic heterocycles. The Hall–Kier alpha value is -2.33. The Bertz CT molecular complexity index is 871. The number of hydrogen-bond acceptors (Lipinski definition) is 2. The van der Waals surface area contributed by atoms with E-state index in [-0.39, 0.29) is 18.2 Å². The van der Waals surface area contributed by atoms with E-state index in [0.29, 0.717) is 18.1 Å². The maximum Gasteiger partial charge on any atom is 0.306 e. The third-order valence-corrected chi connectivity index (χ3v) is 4.12. The van der Waals surface area contributed by atoms with Crippen LogP contribution in [-0.4, -0.2) is 17.6 Å². The van der Waals surface area contributed by atoms with Crippen molar-refractivity contribution in [3.8, 4) is 11.3 Å². The minimum atomic E-state index is -0.286. The summed E-state index contributed by atoms with van der Waals surface area (Å²) in [6.07, 6.45) is 0.799. The fraction of sp³-hybridized carbons (Fsp3) is 0.211. The molecule has 0 unspecified atom stereocenters. The van der Waals surface area contributed by atoms with Gasteiger partial charge in [0.25, 0.3) is 0 Å². The first-order valence-corrected chi connectivity index (χ1v) is 8.18. The number of esters is 1. The van der Waals surface area contributed by atoms with E-state index in [1.165, 1.54) is 12.1 Å². The number of carbonyl (C=O) groups excluding carboxylic acids is 1. The number of nitrogens with one attached hydrogen (secondary N) is 1. The van der Waals surface area contributed by atoms with Gasteiger partial charge in [0.15, 0.2) is 0 Å². The van der Waals surface area contributed by atoms with E-state index in [0.717, 1.165) is 27.7 Å². The molecule has 0 fully saturated rings. The highest BCUT2D eigenvalue weighted by atomic mass is 35.5. The predicted molar refractivity (Wildman–Crippen MR) is 93.7 cm³/mol. The molecule has 0 aliphatic carbocycles. The number of aromatic nitrogens is 1. The SMILES string of the molecule is CCOC(=O)CCc1c(-c2ccc(F)cc2)[nH]c2ccc(Cl)cc12. The number of fused-ring (bicyclic) bond motifs is 1. The van der Waals surface area contributed by atoms with Gasteiger partial charge in [0.1, 0.15) is 5.82 Å². The van der Waals surface area contributed by atoms with Crippen LogP contribution in [0.25, 0.3) is 22.2 Å². The van der Waals surface area contributed by atoms with Crippen LogP contribution in [0.2, 0.25) is 5.02 Å². The molecule has 5 heteroatoms. The molecule has 1 N–H and O–H groups in total. The molecule has 2 aromatic carbocycles. The Morgan fingerprint density at radius 2 is 1.96 bits per heavy atom. The molecule has 0 saturated carbocycles. The first kappa shape index (κ1) is 16.5. The molecule has 3 rings (SSSR count). The molecule has 3 aromatic rings. The van der Waals surface area contributed by atoms with Gasteiger partial charge in [-0.2, -0.15) is 0 Å². The number of halogens is 2. The van der Waals surface area contributed by atoms with Crippen LogP contribution >= 0.6 is 11.6 Å². The Morgan fingerprint density at radius 1 is 1.21 bits per heavy atom. The molecule has 1 heterocycles. The van der Waals surface area contributed by atoms with Crippen molar-refractivity contribution in [1.82, 2.24) is 4.98 Å². The molecule has 0 amide bonds. The number of aromatic amines is 1. The third kappa shape index (κ3) is 3.44. The second-order valence-electron chi connectivity index (χ2n) is 5.48. The van der Waals surface area contributed by atoms with Crippen LogP contribution < -0.4 is 0 Å². The zero-order valence-corrected chi connectivity index (χ0v) is 14.0. The topological polar surface area (TPSA) is 42.1 Å². The summed E-state index contributed by atoms with van der Waals surface area (Å²) < 4.78 is 18.2. The maximum absolute atomic E-state index is 13.2. The van der Waals surface area contributed by atoms with Crippen LogP contribution in [0.5, 0.6) is 0 Å². The Kier molecular flexibility index (Phi) is 4.86. The Labute approximate surface area is 144 Å². The molecule has 0 saturated heterocycles. The number of H-pyrrole nitrogens is 1. The summed E-state index contributed by atoms with van der Waals surface area (Å²) in [6.45, 7) is 2.15. The van der Waals surface area contributed by atoms with Gasteiger partial charge >= 0.3 is 5.97 Å².